The Balaban J connectivity index is 1.66. The molecule has 0 spiro atoms. The Morgan fingerprint density at radius 3 is 2.78 bits per heavy atom. The molecule has 1 fully saturated rings. The number of nitrogens with one attached hydrogen (secondary N) is 1. The number of hydrogen-bond donors (Lipinski definition) is 2. The van der Waals surface area contributed by atoms with E-state index < -0.39 is 17.7 Å². The molecule has 1 aromatic carbocycles. The van der Waals surface area contributed by atoms with Gasteiger partial charge in [-0.25, -0.2) is 8.78 Å². The summed E-state index contributed by atoms with van der Waals surface area (Å²) >= 11 is 0. The molecule has 7 heteroatoms. The molecule has 0 aromatic heterocycles. The number of benzene rings is 1. The highest BCUT2D eigenvalue weighted by atomic mass is 19.1. The van der Waals surface area contributed by atoms with Crippen molar-refractivity contribution in [2.75, 3.05) is 39.4 Å². The average molecular weight is 328 g/mol. The maximum Gasteiger partial charge on any atom is 0.220 e. The summed E-state index contributed by atoms with van der Waals surface area (Å²) in [4.78, 5) is 13.8. The van der Waals surface area contributed by atoms with Gasteiger partial charge in [-0.2, -0.15) is 0 Å². The van der Waals surface area contributed by atoms with Crippen molar-refractivity contribution in [1.29, 1.82) is 0 Å². The lowest BCUT2D eigenvalue weighted by Crippen LogP contribution is -2.44. The van der Waals surface area contributed by atoms with E-state index in [0.717, 1.165) is 19.2 Å². The van der Waals surface area contributed by atoms with Gasteiger partial charge in [0.05, 0.1) is 19.3 Å². The van der Waals surface area contributed by atoms with Crippen molar-refractivity contribution in [2.45, 2.75) is 18.9 Å². The number of β-amino-alcohol motifs (C(OH)–C–C–N with tert-alkyl or cyclic N) is 1. The largest absolute Gasteiger partial charge is 0.390 e. The van der Waals surface area contributed by atoms with Crippen molar-refractivity contribution in [1.82, 2.24) is 10.2 Å². The van der Waals surface area contributed by atoms with Crippen LogP contribution in [0.5, 0.6) is 0 Å². The summed E-state index contributed by atoms with van der Waals surface area (Å²) in [7, 11) is 0. The number of carbonyl (C=O) groups excluding carboxylic acids is 1. The molecule has 2 rings (SSSR count). The maximum atomic E-state index is 13.4. The van der Waals surface area contributed by atoms with Crippen molar-refractivity contribution < 1.29 is 23.4 Å². The van der Waals surface area contributed by atoms with Gasteiger partial charge >= 0.3 is 0 Å². The minimum Gasteiger partial charge on any atom is -0.390 e. The second kappa shape index (κ2) is 8.90. The molecule has 0 radical (unpaired) electrons. The van der Waals surface area contributed by atoms with Crippen LogP contribution in [-0.4, -0.2) is 61.4 Å². The molecule has 1 aliphatic rings. The smallest absolute Gasteiger partial charge is 0.220 e. The Labute approximate surface area is 134 Å². The number of nitrogens with zero attached hydrogens (tertiary/aromatic N) is 1. The molecule has 128 valence electrons. The fourth-order valence-electron chi connectivity index (χ4n) is 2.44. The molecule has 1 unspecified atom stereocenters. The summed E-state index contributed by atoms with van der Waals surface area (Å²) in [5.41, 5.74) is 0.301. The van der Waals surface area contributed by atoms with Gasteiger partial charge in [0, 0.05) is 38.7 Å². The highest BCUT2D eigenvalue weighted by molar-refractivity contribution is 5.76. The quantitative estimate of drug-likeness (QED) is 0.774. The van der Waals surface area contributed by atoms with Gasteiger partial charge in [-0.1, -0.05) is 6.07 Å². The van der Waals surface area contributed by atoms with E-state index in [0.29, 0.717) is 25.3 Å². The first-order chi connectivity index (χ1) is 11.0. The zero-order valence-corrected chi connectivity index (χ0v) is 12.9. The van der Waals surface area contributed by atoms with Crippen LogP contribution in [0.15, 0.2) is 18.2 Å². The number of aliphatic hydroxyl groups is 1. The van der Waals surface area contributed by atoms with Crippen molar-refractivity contribution in [3.8, 4) is 0 Å². The second-order valence-corrected chi connectivity index (χ2v) is 5.61. The third-order valence-corrected chi connectivity index (χ3v) is 3.74. The van der Waals surface area contributed by atoms with Gasteiger partial charge in [0.1, 0.15) is 11.6 Å². The molecular weight excluding hydrogens is 306 g/mol. The van der Waals surface area contributed by atoms with E-state index >= 15 is 0 Å². The standard InChI is InChI=1S/C16H22F2N2O3/c17-13-3-1-12(15(18)9-13)2-4-16(22)19-10-14(21)11-20-5-7-23-8-6-20/h1,3,9,14,21H,2,4-8,10-11H2,(H,19,22). The first kappa shape index (κ1) is 17.8. The van der Waals surface area contributed by atoms with Gasteiger partial charge in [0.15, 0.2) is 0 Å². The number of morpholine rings is 1. The molecule has 23 heavy (non-hydrogen) atoms. The zero-order valence-electron chi connectivity index (χ0n) is 12.9. The summed E-state index contributed by atoms with van der Waals surface area (Å²) < 4.78 is 31.5. The Morgan fingerprint density at radius 2 is 2.09 bits per heavy atom. The van der Waals surface area contributed by atoms with Crippen LogP contribution in [0.4, 0.5) is 8.78 Å². The second-order valence-electron chi connectivity index (χ2n) is 5.61. The molecule has 5 nitrogen and oxygen atoms in total. The molecule has 1 aromatic rings. The monoisotopic (exact) mass is 328 g/mol. The van der Waals surface area contributed by atoms with Crippen LogP contribution < -0.4 is 5.32 Å². The Morgan fingerprint density at radius 1 is 1.35 bits per heavy atom. The van der Waals surface area contributed by atoms with Gasteiger partial charge in [0.2, 0.25) is 5.91 Å². The van der Waals surface area contributed by atoms with Gasteiger partial charge in [-0.05, 0) is 18.1 Å². The van der Waals surface area contributed by atoms with E-state index in [9.17, 15) is 18.7 Å². The summed E-state index contributed by atoms with van der Waals surface area (Å²) in [6.07, 6.45) is -0.371. The molecule has 0 saturated carbocycles. The van der Waals surface area contributed by atoms with E-state index in [1.54, 1.807) is 0 Å². The number of aliphatic hydroxyl groups excluding tert-OH is 1. The molecule has 1 aliphatic heterocycles. The van der Waals surface area contributed by atoms with Gasteiger partial charge in [-0.3, -0.25) is 9.69 Å². The van der Waals surface area contributed by atoms with Crippen molar-refractivity contribution in [2.24, 2.45) is 0 Å². The van der Waals surface area contributed by atoms with Crippen molar-refractivity contribution in [3.63, 3.8) is 0 Å². The predicted octanol–water partition coefficient (Wildman–Crippen LogP) is 0.707. The van der Waals surface area contributed by atoms with E-state index in [-0.39, 0.29) is 25.3 Å². The summed E-state index contributed by atoms with van der Waals surface area (Å²) in [6, 6.07) is 3.31. The minimum absolute atomic E-state index is 0.0901. The number of carbonyl (C=O) groups is 1. The summed E-state index contributed by atoms with van der Waals surface area (Å²) in [6.45, 7) is 3.49. The van der Waals surface area contributed by atoms with Gasteiger partial charge < -0.3 is 15.2 Å². The molecular formula is C16H22F2N2O3. The van der Waals surface area contributed by atoms with Gasteiger partial charge in [0.25, 0.3) is 0 Å². The SMILES string of the molecule is O=C(CCc1ccc(F)cc1F)NCC(O)CN1CCOCC1. The van der Waals surface area contributed by atoms with Crippen LogP contribution in [0.1, 0.15) is 12.0 Å². The number of halogens is 2. The number of aryl methyl sites for hydroxylation is 1. The lowest BCUT2D eigenvalue weighted by molar-refractivity contribution is -0.121. The number of amides is 1. The van der Waals surface area contributed by atoms with Crippen LogP contribution in [0.2, 0.25) is 0 Å². The number of rotatable bonds is 7. The summed E-state index contributed by atoms with van der Waals surface area (Å²) in [5.74, 6) is -1.55. The highest BCUT2D eigenvalue weighted by Gasteiger charge is 2.15. The van der Waals surface area contributed by atoms with E-state index in [4.69, 9.17) is 4.74 Å². The molecule has 1 saturated heterocycles. The van der Waals surface area contributed by atoms with Crippen LogP contribution in [0.3, 0.4) is 0 Å². The predicted molar refractivity (Wildman–Crippen MR) is 81.0 cm³/mol. The molecule has 1 amide bonds. The third kappa shape index (κ3) is 6.21. The lowest BCUT2D eigenvalue weighted by Gasteiger charge is -2.28. The zero-order chi connectivity index (χ0) is 16.7. The normalized spacial score (nSPS) is 17.0. The molecule has 0 aliphatic carbocycles. The third-order valence-electron chi connectivity index (χ3n) is 3.74. The van der Waals surface area contributed by atoms with Gasteiger partial charge in [-0.15, -0.1) is 0 Å². The average Bonchev–Trinajstić information content (AvgIpc) is 2.53. The maximum absolute atomic E-state index is 13.4. The molecule has 2 N–H and O–H groups in total. The van der Waals surface area contributed by atoms with Crippen molar-refractivity contribution >= 4 is 5.91 Å². The Hall–Kier alpha value is -1.57. The van der Waals surface area contributed by atoms with Crippen LogP contribution >= 0.6 is 0 Å². The van der Waals surface area contributed by atoms with Crippen LogP contribution in [-0.2, 0) is 16.0 Å². The van der Waals surface area contributed by atoms with E-state index in [2.05, 4.69) is 10.2 Å². The van der Waals surface area contributed by atoms with Crippen LogP contribution in [0, 0.1) is 11.6 Å². The topological polar surface area (TPSA) is 61.8 Å². The molecule has 1 heterocycles. The number of hydrogen-bond acceptors (Lipinski definition) is 4. The minimum atomic E-state index is -0.653. The molecule has 1 atom stereocenters. The van der Waals surface area contributed by atoms with Crippen molar-refractivity contribution in [3.05, 3.63) is 35.4 Å². The van der Waals surface area contributed by atoms with Crippen LogP contribution in [0.25, 0.3) is 0 Å². The lowest BCUT2D eigenvalue weighted by atomic mass is 10.1. The molecule has 0 bridgehead atoms. The van der Waals surface area contributed by atoms with E-state index in [1.165, 1.54) is 12.1 Å². The fraction of sp³-hybridized carbons (Fsp3) is 0.562. The highest BCUT2D eigenvalue weighted by Crippen LogP contribution is 2.11. The fourth-order valence-corrected chi connectivity index (χ4v) is 2.44. The van der Waals surface area contributed by atoms with E-state index in [1.807, 2.05) is 0 Å². The first-order valence-corrected chi connectivity index (χ1v) is 7.73. The summed E-state index contributed by atoms with van der Waals surface area (Å²) in [5, 5.41) is 12.5. The Kier molecular flexibility index (Phi) is 6.88. The Bertz CT molecular complexity index is 522. The number of ether oxygens (including phenoxy) is 1. The first-order valence-electron chi connectivity index (χ1n) is 7.73.